The van der Waals surface area contributed by atoms with E-state index < -0.39 is 22.7 Å². The summed E-state index contributed by atoms with van der Waals surface area (Å²) >= 11 is 0. The third-order valence-corrected chi connectivity index (χ3v) is 5.72. The molecule has 3 rings (SSSR count). The number of nitro groups is 1. The first-order valence-corrected chi connectivity index (χ1v) is 9.30. The zero-order valence-electron chi connectivity index (χ0n) is 15.3. The molecule has 0 heterocycles. The Morgan fingerprint density at radius 1 is 1.26 bits per heavy atom. The van der Waals surface area contributed by atoms with Crippen LogP contribution in [0, 0.1) is 27.9 Å². The molecular formula is C20H23NO6. The fraction of sp³-hybridized carbons (Fsp3) is 0.550. The van der Waals surface area contributed by atoms with Crippen molar-refractivity contribution < 1.29 is 24.0 Å². The van der Waals surface area contributed by atoms with Gasteiger partial charge in [-0.15, -0.1) is 0 Å². The van der Waals surface area contributed by atoms with Crippen molar-refractivity contribution in [1.82, 2.24) is 0 Å². The van der Waals surface area contributed by atoms with Crippen LogP contribution in [-0.2, 0) is 27.2 Å². The minimum absolute atomic E-state index is 0.131. The van der Waals surface area contributed by atoms with Crippen molar-refractivity contribution in [2.45, 2.75) is 39.0 Å². The van der Waals surface area contributed by atoms with E-state index in [4.69, 9.17) is 4.74 Å². The van der Waals surface area contributed by atoms with E-state index in [0.29, 0.717) is 5.56 Å². The summed E-state index contributed by atoms with van der Waals surface area (Å²) in [6.45, 7) is 1.07. The third-order valence-electron chi connectivity index (χ3n) is 5.72. The van der Waals surface area contributed by atoms with Crippen LogP contribution in [0.5, 0.6) is 0 Å². The van der Waals surface area contributed by atoms with Gasteiger partial charge in [-0.2, -0.15) is 0 Å². The molecular weight excluding hydrogens is 350 g/mol. The Morgan fingerprint density at radius 2 is 2.00 bits per heavy atom. The van der Waals surface area contributed by atoms with Crippen molar-refractivity contribution in [1.29, 1.82) is 0 Å². The Morgan fingerprint density at radius 3 is 2.74 bits per heavy atom. The van der Waals surface area contributed by atoms with Gasteiger partial charge in [0.1, 0.15) is 5.78 Å². The molecule has 1 aromatic carbocycles. The summed E-state index contributed by atoms with van der Waals surface area (Å²) in [4.78, 5) is 46.8. The molecule has 0 spiro atoms. The summed E-state index contributed by atoms with van der Waals surface area (Å²) in [5.41, 5.74) is 2.94. The van der Waals surface area contributed by atoms with Gasteiger partial charge in [0.25, 0.3) is 0 Å². The molecule has 0 N–H and O–H groups in total. The number of ether oxygens (including phenoxy) is 1. The molecule has 0 bridgehead atoms. The zero-order valence-corrected chi connectivity index (χ0v) is 15.3. The Hall–Kier alpha value is -2.57. The number of benzene rings is 1. The van der Waals surface area contributed by atoms with Crippen molar-refractivity contribution in [2.75, 3.05) is 13.2 Å². The van der Waals surface area contributed by atoms with Crippen LogP contribution in [-0.4, -0.2) is 35.6 Å². The van der Waals surface area contributed by atoms with E-state index in [2.05, 4.69) is 0 Å². The third kappa shape index (κ3) is 4.40. The van der Waals surface area contributed by atoms with Crippen LogP contribution in [0.25, 0.3) is 0 Å². The molecule has 2 aliphatic carbocycles. The number of rotatable bonds is 7. The van der Waals surface area contributed by atoms with Gasteiger partial charge in [0.15, 0.2) is 12.4 Å². The molecule has 0 radical (unpaired) electrons. The minimum Gasteiger partial charge on any atom is -0.457 e. The molecule has 0 amide bonds. The first-order valence-electron chi connectivity index (χ1n) is 9.30. The largest absolute Gasteiger partial charge is 0.457 e. The maximum absolute atomic E-state index is 12.3. The van der Waals surface area contributed by atoms with Gasteiger partial charge in [-0.25, -0.2) is 0 Å². The molecule has 0 unspecified atom stereocenters. The predicted octanol–water partition coefficient (Wildman–Crippen LogP) is 2.41. The van der Waals surface area contributed by atoms with Crippen molar-refractivity contribution >= 4 is 17.5 Å². The monoisotopic (exact) mass is 373 g/mol. The van der Waals surface area contributed by atoms with Crippen LogP contribution in [0.4, 0.5) is 0 Å². The van der Waals surface area contributed by atoms with Gasteiger partial charge < -0.3 is 4.74 Å². The van der Waals surface area contributed by atoms with Crippen molar-refractivity contribution in [3.05, 3.63) is 45.0 Å². The quantitative estimate of drug-likeness (QED) is 0.315. The number of nitrogens with zero attached hydrogens (tertiary/aromatic N) is 1. The number of ketones is 2. The van der Waals surface area contributed by atoms with Crippen LogP contribution in [0.1, 0.15) is 47.7 Å². The Balaban J connectivity index is 1.55. The number of carbonyl (C=O) groups is 3. The molecule has 0 aliphatic heterocycles. The first kappa shape index (κ1) is 19.2. The standard InChI is InChI=1S/C20H23NO6/c1-12-7-18(22)16(17(12)10-21(25)26)9-20(24)27-11-19(23)15-6-5-13-3-2-4-14(13)8-15/h5-6,8,12,16-17H,2-4,7,9-11H2,1H3/t12-,16-,17+/m0/s1. The molecule has 3 atom stereocenters. The Kier molecular flexibility index (Phi) is 5.68. The van der Waals surface area contributed by atoms with Gasteiger partial charge >= 0.3 is 5.97 Å². The van der Waals surface area contributed by atoms with Crippen LogP contribution in [0.3, 0.4) is 0 Å². The molecule has 1 saturated carbocycles. The summed E-state index contributed by atoms with van der Waals surface area (Å²) < 4.78 is 5.07. The number of fused-ring (bicyclic) bond motifs is 1. The molecule has 0 saturated heterocycles. The van der Waals surface area contributed by atoms with Gasteiger partial charge in [0.05, 0.1) is 6.42 Å². The maximum atomic E-state index is 12.3. The number of Topliss-reactive ketones (excluding diaryl/α,β-unsaturated/α-hetero) is 2. The Bertz CT molecular complexity index is 787. The van der Waals surface area contributed by atoms with E-state index in [1.165, 1.54) is 11.1 Å². The summed E-state index contributed by atoms with van der Waals surface area (Å²) in [5, 5.41) is 10.8. The summed E-state index contributed by atoms with van der Waals surface area (Å²) in [6, 6.07) is 5.54. The van der Waals surface area contributed by atoms with Gasteiger partial charge in [0, 0.05) is 28.7 Å². The molecule has 7 heteroatoms. The first-order chi connectivity index (χ1) is 12.8. The lowest BCUT2D eigenvalue weighted by atomic mass is 9.88. The topological polar surface area (TPSA) is 104 Å². The second-order valence-corrected chi connectivity index (χ2v) is 7.56. The van der Waals surface area contributed by atoms with E-state index in [9.17, 15) is 24.5 Å². The highest BCUT2D eigenvalue weighted by Gasteiger charge is 2.44. The highest BCUT2D eigenvalue weighted by Crippen LogP contribution is 2.36. The van der Waals surface area contributed by atoms with Gasteiger partial charge in [-0.05, 0) is 42.4 Å². The molecule has 1 fully saturated rings. The van der Waals surface area contributed by atoms with Crippen molar-refractivity contribution in [3.63, 3.8) is 0 Å². The predicted molar refractivity (Wildman–Crippen MR) is 96.0 cm³/mol. The minimum atomic E-state index is -0.701. The smallest absolute Gasteiger partial charge is 0.306 e. The number of carbonyl (C=O) groups excluding carboxylic acids is 3. The van der Waals surface area contributed by atoms with Crippen molar-refractivity contribution in [3.8, 4) is 0 Å². The average molecular weight is 373 g/mol. The number of aryl methyl sites for hydroxylation is 2. The van der Waals surface area contributed by atoms with E-state index in [-0.39, 0.29) is 43.5 Å². The van der Waals surface area contributed by atoms with Crippen LogP contribution < -0.4 is 0 Å². The molecule has 27 heavy (non-hydrogen) atoms. The van der Waals surface area contributed by atoms with Crippen LogP contribution in [0.15, 0.2) is 18.2 Å². The Labute approximate surface area is 157 Å². The fourth-order valence-electron chi connectivity index (χ4n) is 4.21. The second kappa shape index (κ2) is 7.98. The number of hydrogen-bond donors (Lipinski definition) is 0. The van der Waals surface area contributed by atoms with Crippen LogP contribution >= 0.6 is 0 Å². The van der Waals surface area contributed by atoms with Gasteiger partial charge in [-0.1, -0.05) is 19.1 Å². The van der Waals surface area contributed by atoms with Gasteiger partial charge in [0.2, 0.25) is 6.54 Å². The van der Waals surface area contributed by atoms with E-state index in [0.717, 1.165) is 19.3 Å². The summed E-state index contributed by atoms with van der Waals surface area (Å²) in [7, 11) is 0. The zero-order chi connectivity index (χ0) is 19.6. The second-order valence-electron chi connectivity index (χ2n) is 7.56. The van der Waals surface area contributed by atoms with Crippen molar-refractivity contribution in [2.24, 2.45) is 17.8 Å². The SMILES string of the molecule is C[C@H]1CC(=O)[C@@H](CC(=O)OCC(=O)c2ccc3c(c2)CCC3)[C@@H]1C[N+](=O)[O-]. The lowest BCUT2D eigenvalue weighted by Gasteiger charge is -2.17. The fourth-order valence-corrected chi connectivity index (χ4v) is 4.21. The van der Waals surface area contributed by atoms with E-state index in [1.807, 2.05) is 12.1 Å². The van der Waals surface area contributed by atoms with E-state index >= 15 is 0 Å². The molecule has 1 aromatic rings. The molecule has 7 nitrogen and oxygen atoms in total. The molecule has 144 valence electrons. The summed E-state index contributed by atoms with van der Waals surface area (Å²) in [6.07, 6.45) is 3.10. The lowest BCUT2D eigenvalue weighted by Crippen LogP contribution is -2.28. The average Bonchev–Trinajstić information content (AvgIpc) is 3.18. The normalized spacial score (nSPS) is 23.9. The highest BCUT2D eigenvalue weighted by molar-refractivity contribution is 5.98. The number of esters is 1. The van der Waals surface area contributed by atoms with Crippen LogP contribution in [0.2, 0.25) is 0 Å². The molecule has 2 aliphatic rings. The van der Waals surface area contributed by atoms with E-state index in [1.54, 1.807) is 13.0 Å². The molecule has 0 aromatic heterocycles. The van der Waals surface area contributed by atoms with Gasteiger partial charge in [-0.3, -0.25) is 24.5 Å². The highest BCUT2D eigenvalue weighted by atomic mass is 16.6. The summed E-state index contributed by atoms with van der Waals surface area (Å²) in [5.74, 6) is -2.39. The lowest BCUT2D eigenvalue weighted by molar-refractivity contribution is -0.490. The number of hydrogen-bond acceptors (Lipinski definition) is 6. The maximum Gasteiger partial charge on any atom is 0.306 e.